The van der Waals surface area contributed by atoms with Crippen LogP contribution in [0.25, 0.3) is 10.9 Å². The minimum atomic E-state index is -1.23. The topological polar surface area (TPSA) is 164 Å². The van der Waals surface area contributed by atoms with E-state index in [1.165, 1.54) is 0 Å². The maximum atomic E-state index is 13.7. The van der Waals surface area contributed by atoms with Gasteiger partial charge in [-0.3, -0.25) is 24.0 Å². The molecule has 0 spiro atoms. The minimum absolute atomic E-state index is 0.0179. The van der Waals surface area contributed by atoms with E-state index < -0.39 is 35.6 Å². The second kappa shape index (κ2) is 9.87. The quantitative estimate of drug-likeness (QED) is 0.378. The fourth-order valence-electron chi connectivity index (χ4n) is 6.24. The SMILES string of the molecule is COc1cccc2[nH]c(C(=O)N3CC4CCCC4C3C(=O)NC(CC3CCNC3=O)C(=O)C(N)=O)cc12. The standard InChI is InChI=1S/C26H31N5O6/c1-37-20-7-3-6-17-16(20)11-19(29-17)26(36)31-12-14-4-2-5-15(14)21(31)25(35)30-18(22(32)23(27)33)10-13-8-9-28-24(13)34/h3,6-7,11,13-15,18,21,29H,2,4-5,8-10,12H2,1H3,(H2,27,33)(H,28,34)(H,30,35). The number of nitrogens with one attached hydrogen (secondary N) is 3. The second-order valence-electron chi connectivity index (χ2n) is 10.2. The predicted molar refractivity (Wildman–Crippen MR) is 132 cm³/mol. The maximum absolute atomic E-state index is 13.7. The molecular weight excluding hydrogens is 478 g/mol. The number of likely N-dealkylation sites (tertiary alicyclic amines) is 1. The average molecular weight is 510 g/mol. The number of nitrogens with zero attached hydrogens (tertiary/aromatic N) is 1. The van der Waals surface area contributed by atoms with Gasteiger partial charge in [-0.1, -0.05) is 12.5 Å². The first-order valence-electron chi connectivity index (χ1n) is 12.7. The summed E-state index contributed by atoms with van der Waals surface area (Å²) in [6, 6.07) is 5.17. The Labute approximate surface area is 213 Å². The van der Waals surface area contributed by atoms with Gasteiger partial charge in [-0.15, -0.1) is 0 Å². The number of ether oxygens (including phenoxy) is 1. The lowest BCUT2D eigenvalue weighted by Gasteiger charge is -2.29. The van der Waals surface area contributed by atoms with Gasteiger partial charge in [0, 0.05) is 29.9 Å². The number of hydrogen-bond donors (Lipinski definition) is 4. The summed E-state index contributed by atoms with van der Waals surface area (Å²) < 4.78 is 5.41. The molecule has 0 bridgehead atoms. The molecule has 3 heterocycles. The molecule has 1 saturated carbocycles. The Morgan fingerprint density at radius 2 is 2.03 bits per heavy atom. The van der Waals surface area contributed by atoms with Crippen molar-refractivity contribution >= 4 is 40.3 Å². The fraction of sp³-hybridized carbons (Fsp3) is 0.500. The number of rotatable bonds is 8. The number of ketones is 1. The van der Waals surface area contributed by atoms with Crippen molar-refractivity contribution in [1.82, 2.24) is 20.5 Å². The van der Waals surface area contributed by atoms with E-state index in [1.54, 1.807) is 24.1 Å². The summed E-state index contributed by atoms with van der Waals surface area (Å²) in [7, 11) is 1.56. The molecule has 5 rings (SSSR count). The summed E-state index contributed by atoms with van der Waals surface area (Å²) in [4.78, 5) is 68.5. The zero-order valence-electron chi connectivity index (χ0n) is 20.6. The van der Waals surface area contributed by atoms with Crippen LogP contribution in [0.15, 0.2) is 24.3 Å². The van der Waals surface area contributed by atoms with Gasteiger partial charge in [-0.2, -0.15) is 0 Å². The smallest absolute Gasteiger partial charge is 0.287 e. The van der Waals surface area contributed by atoms with Gasteiger partial charge in [0.2, 0.25) is 17.6 Å². The van der Waals surface area contributed by atoms with Crippen LogP contribution in [0.1, 0.15) is 42.6 Å². The number of methoxy groups -OCH3 is 1. The molecule has 1 aliphatic carbocycles. The van der Waals surface area contributed by atoms with E-state index in [0.717, 1.165) is 30.2 Å². The molecule has 4 amide bonds. The van der Waals surface area contributed by atoms with Gasteiger partial charge >= 0.3 is 0 Å². The van der Waals surface area contributed by atoms with Gasteiger partial charge in [0.25, 0.3) is 11.8 Å². The van der Waals surface area contributed by atoms with Crippen LogP contribution in [0.5, 0.6) is 5.75 Å². The fourth-order valence-corrected chi connectivity index (χ4v) is 6.24. The van der Waals surface area contributed by atoms with Gasteiger partial charge in [0.15, 0.2) is 0 Å². The van der Waals surface area contributed by atoms with E-state index in [4.69, 9.17) is 10.5 Å². The normalized spacial score (nSPS) is 25.5. The lowest BCUT2D eigenvalue weighted by atomic mass is 9.92. The first kappa shape index (κ1) is 24.8. The first-order chi connectivity index (χ1) is 17.8. The Balaban J connectivity index is 1.41. The second-order valence-corrected chi connectivity index (χ2v) is 10.2. The summed E-state index contributed by atoms with van der Waals surface area (Å²) in [5, 5.41) is 6.14. The highest BCUT2D eigenvalue weighted by molar-refractivity contribution is 6.38. The summed E-state index contributed by atoms with van der Waals surface area (Å²) in [5.74, 6) is -2.93. The summed E-state index contributed by atoms with van der Waals surface area (Å²) in [6.07, 6.45) is 3.13. The number of carbonyl (C=O) groups is 5. The zero-order valence-corrected chi connectivity index (χ0v) is 20.6. The number of fused-ring (bicyclic) bond motifs is 2. The predicted octanol–water partition coefficient (Wildman–Crippen LogP) is 0.483. The molecule has 0 radical (unpaired) electrons. The van der Waals surface area contributed by atoms with E-state index in [9.17, 15) is 24.0 Å². The van der Waals surface area contributed by atoms with Crippen LogP contribution in [0.4, 0.5) is 0 Å². The molecular formula is C26H31N5O6. The molecule has 3 aliphatic rings. The maximum Gasteiger partial charge on any atom is 0.287 e. The van der Waals surface area contributed by atoms with Gasteiger partial charge in [-0.05, 0) is 55.7 Å². The molecule has 5 N–H and O–H groups in total. The molecule has 11 nitrogen and oxygen atoms in total. The van der Waals surface area contributed by atoms with E-state index in [2.05, 4.69) is 15.6 Å². The highest BCUT2D eigenvalue weighted by Crippen LogP contribution is 2.43. The number of aromatic amines is 1. The van der Waals surface area contributed by atoms with Crippen molar-refractivity contribution in [3.05, 3.63) is 30.0 Å². The lowest BCUT2D eigenvalue weighted by molar-refractivity contribution is -0.139. The molecule has 37 heavy (non-hydrogen) atoms. The average Bonchev–Trinajstić information content (AvgIpc) is 3.66. The Morgan fingerprint density at radius 1 is 1.22 bits per heavy atom. The molecule has 196 valence electrons. The third-order valence-corrected chi connectivity index (χ3v) is 8.05. The Morgan fingerprint density at radius 3 is 2.73 bits per heavy atom. The molecule has 5 atom stereocenters. The Hall–Kier alpha value is -3.89. The van der Waals surface area contributed by atoms with Crippen molar-refractivity contribution in [2.45, 2.75) is 44.2 Å². The molecule has 3 fully saturated rings. The van der Waals surface area contributed by atoms with E-state index in [0.29, 0.717) is 31.0 Å². The number of carbonyl (C=O) groups excluding carboxylic acids is 5. The van der Waals surface area contributed by atoms with Crippen molar-refractivity contribution < 1.29 is 28.7 Å². The number of hydrogen-bond acceptors (Lipinski definition) is 6. The van der Waals surface area contributed by atoms with Gasteiger partial charge in [-0.25, -0.2) is 0 Å². The number of H-pyrrole nitrogens is 1. The molecule has 11 heteroatoms. The molecule has 2 saturated heterocycles. The Kier molecular flexibility index (Phi) is 6.61. The number of amides is 4. The molecule has 2 aliphatic heterocycles. The first-order valence-corrected chi connectivity index (χ1v) is 12.7. The Bertz CT molecular complexity index is 1270. The molecule has 1 aromatic heterocycles. The number of nitrogens with two attached hydrogens (primary N) is 1. The minimum Gasteiger partial charge on any atom is -0.496 e. The van der Waals surface area contributed by atoms with Crippen LogP contribution < -0.4 is 21.1 Å². The van der Waals surface area contributed by atoms with Crippen molar-refractivity contribution in [1.29, 1.82) is 0 Å². The van der Waals surface area contributed by atoms with Gasteiger partial charge in [0.05, 0.1) is 13.2 Å². The molecule has 2 aromatic rings. The molecule has 5 unspecified atom stereocenters. The lowest BCUT2D eigenvalue weighted by Crippen LogP contribution is -2.55. The van der Waals surface area contributed by atoms with Crippen LogP contribution in [-0.4, -0.2) is 71.6 Å². The largest absolute Gasteiger partial charge is 0.496 e. The third kappa shape index (κ3) is 4.54. The van der Waals surface area contributed by atoms with Crippen LogP contribution >= 0.6 is 0 Å². The van der Waals surface area contributed by atoms with Crippen LogP contribution in [0.3, 0.4) is 0 Å². The van der Waals surface area contributed by atoms with Crippen LogP contribution in [-0.2, 0) is 19.2 Å². The van der Waals surface area contributed by atoms with Crippen molar-refractivity contribution in [3.8, 4) is 5.75 Å². The summed E-state index contributed by atoms with van der Waals surface area (Å²) in [6.45, 7) is 0.895. The number of primary amides is 1. The van der Waals surface area contributed by atoms with Crippen LogP contribution in [0.2, 0.25) is 0 Å². The van der Waals surface area contributed by atoms with Crippen molar-refractivity contribution in [2.24, 2.45) is 23.5 Å². The number of aromatic nitrogens is 1. The molecule has 1 aromatic carbocycles. The van der Waals surface area contributed by atoms with E-state index in [-0.39, 0.29) is 30.1 Å². The third-order valence-electron chi connectivity index (χ3n) is 8.05. The van der Waals surface area contributed by atoms with E-state index >= 15 is 0 Å². The monoisotopic (exact) mass is 509 g/mol. The van der Waals surface area contributed by atoms with Crippen molar-refractivity contribution in [3.63, 3.8) is 0 Å². The highest BCUT2D eigenvalue weighted by atomic mass is 16.5. The van der Waals surface area contributed by atoms with E-state index in [1.807, 2.05) is 12.1 Å². The number of benzene rings is 1. The summed E-state index contributed by atoms with van der Waals surface area (Å²) in [5.41, 5.74) is 6.33. The number of Topliss-reactive ketones (excluding diaryl/α,β-unsaturated/α-hetero) is 1. The van der Waals surface area contributed by atoms with Gasteiger partial charge in [0.1, 0.15) is 17.5 Å². The highest BCUT2D eigenvalue weighted by Gasteiger charge is 2.50. The van der Waals surface area contributed by atoms with Gasteiger partial charge < -0.3 is 31.0 Å². The van der Waals surface area contributed by atoms with Crippen molar-refractivity contribution in [2.75, 3.05) is 20.2 Å². The summed E-state index contributed by atoms with van der Waals surface area (Å²) >= 11 is 0. The van der Waals surface area contributed by atoms with Crippen LogP contribution in [0, 0.1) is 17.8 Å². The zero-order chi connectivity index (χ0) is 26.3.